The van der Waals surface area contributed by atoms with E-state index in [0.29, 0.717) is 0 Å². The van der Waals surface area contributed by atoms with Gasteiger partial charge in [0.05, 0.1) is 11.5 Å². The third kappa shape index (κ3) is 3.74. The first-order valence-electron chi connectivity index (χ1n) is 5.01. The molecule has 0 spiro atoms. The van der Waals surface area contributed by atoms with Crippen LogP contribution < -0.4 is 10.4 Å². The molecular formula is C11H12F3NO2. The number of nitrogens with two attached hydrogens (primary N) is 1. The van der Waals surface area contributed by atoms with E-state index < -0.39 is 23.8 Å². The Balaban J connectivity index is 2.81. The quantitative estimate of drug-likeness (QED) is 0.808. The van der Waals surface area contributed by atoms with Gasteiger partial charge in [0.25, 0.3) is 0 Å². The highest BCUT2D eigenvalue weighted by Gasteiger charge is 2.33. The van der Waals surface area contributed by atoms with Crippen LogP contribution in [0, 0.1) is 0 Å². The van der Waals surface area contributed by atoms with Crippen molar-refractivity contribution < 1.29 is 28.4 Å². The summed E-state index contributed by atoms with van der Waals surface area (Å²) in [5.41, 5.74) is -0.671. The molecule has 0 heterocycles. The van der Waals surface area contributed by atoms with E-state index in [1.54, 1.807) is 0 Å². The molecule has 0 aliphatic carbocycles. The number of halogens is 3. The van der Waals surface area contributed by atoms with E-state index in [4.69, 9.17) is 0 Å². The monoisotopic (exact) mass is 247 g/mol. The smallest absolute Gasteiger partial charge is 0.416 e. The van der Waals surface area contributed by atoms with Crippen LogP contribution in [-0.2, 0) is 17.5 Å². The summed E-state index contributed by atoms with van der Waals surface area (Å²) in [6.45, 7) is 1.32. The summed E-state index contributed by atoms with van der Waals surface area (Å²) in [6.07, 6.45) is -4.42. The van der Waals surface area contributed by atoms with E-state index in [-0.39, 0.29) is 12.1 Å². The molecule has 0 fully saturated rings. The lowest BCUT2D eigenvalue weighted by Gasteiger charge is -2.14. The second kappa shape index (κ2) is 5.18. The minimum atomic E-state index is -4.42. The minimum absolute atomic E-state index is 0.0508. The summed E-state index contributed by atoms with van der Waals surface area (Å²) in [5.74, 6) is -1.30. The van der Waals surface area contributed by atoms with Crippen LogP contribution in [0.3, 0.4) is 0 Å². The lowest BCUT2D eigenvalue weighted by molar-refractivity contribution is -0.695. The van der Waals surface area contributed by atoms with Crippen molar-refractivity contribution in [2.75, 3.05) is 0 Å². The second-order valence-electron chi connectivity index (χ2n) is 3.70. The number of aliphatic carboxylic acids is 1. The predicted molar refractivity (Wildman–Crippen MR) is 51.5 cm³/mol. The Kier molecular flexibility index (Phi) is 4.11. The average Bonchev–Trinajstić information content (AvgIpc) is 2.24. The number of carboxylic acid groups (broad SMARTS) is 1. The number of hydrogen-bond donors (Lipinski definition) is 1. The van der Waals surface area contributed by atoms with E-state index in [9.17, 15) is 23.1 Å². The van der Waals surface area contributed by atoms with Crippen LogP contribution in [0.1, 0.15) is 18.1 Å². The molecule has 0 aliphatic heterocycles. The maximum absolute atomic E-state index is 12.6. The lowest BCUT2D eigenvalue weighted by Crippen LogP contribution is -2.91. The molecule has 0 radical (unpaired) electrons. The molecule has 1 atom stereocenters. The number of carboxylic acids is 1. The van der Waals surface area contributed by atoms with Gasteiger partial charge in [0.15, 0.2) is 0 Å². The van der Waals surface area contributed by atoms with Gasteiger partial charge >= 0.3 is 6.18 Å². The summed E-state index contributed by atoms with van der Waals surface area (Å²) >= 11 is 0. The number of quaternary nitrogens is 1. The van der Waals surface area contributed by atoms with Gasteiger partial charge < -0.3 is 15.2 Å². The molecule has 17 heavy (non-hydrogen) atoms. The van der Waals surface area contributed by atoms with Gasteiger partial charge in [0.2, 0.25) is 0 Å². The summed E-state index contributed by atoms with van der Waals surface area (Å²) in [7, 11) is 0. The predicted octanol–water partition coefficient (Wildman–Crippen LogP) is -0.0928. The largest absolute Gasteiger partial charge is 0.544 e. The third-order valence-corrected chi connectivity index (χ3v) is 2.39. The fourth-order valence-corrected chi connectivity index (χ4v) is 1.37. The van der Waals surface area contributed by atoms with Crippen molar-refractivity contribution in [3.05, 3.63) is 35.4 Å². The van der Waals surface area contributed by atoms with Crippen LogP contribution in [-0.4, -0.2) is 12.0 Å². The topological polar surface area (TPSA) is 56.7 Å². The Labute approximate surface area is 96.3 Å². The standard InChI is InChI=1S/C11H12F3NO2/c1-7(10(16)17)15-6-8-4-2-3-5-9(8)11(12,13)14/h2-5,7,15H,6H2,1H3,(H,16,17)/t7-/m1/s1. The summed E-state index contributed by atoms with van der Waals surface area (Å²) in [4.78, 5) is 10.4. The van der Waals surface area contributed by atoms with Gasteiger partial charge in [-0.3, -0.25) is 0 Å². The zero-order valence-corrected chi connectivity index (χ0v) is 9.12. The van der Waals surface area contributed by atoms with Crippen molar-refractivity contribution in [2.24, 2.45) is 0 Å². The molecule has 0 bridgehead atoms. The number of carbonyl (C=O) groups excluding carboxylic acids is 1. The highest BCUT2D eigenvalue weighted by molar-refractivity contribution is 5.68. The fourth-order valence-electron chi connectivity index (χ4n) is 1.37. The fraction of sp³-hybridized carbons (Fsp3) is 0.364. The van der Waals surface area contributed by atoms with Gasteiger partial charge in [-0.25, -0.2) is 0 Å². The van der Waals surface area contributed by atoms with Crippen LogP contribution in [0.25, 0.3) is 0 Å². The number of alkyl halides is 3. The molecule has 1 aromatic carbocycles. The average molecular weight is 247 g/mol. The lowest BCUT2D eigenvalue weighted by atomic mass is 10.1. The summed E-state index contributed by atoms with van der Waals surface area (Å²) in [6, 6.07) is 4.22. The van der Waals surface area contributed by atoms with E-state index in [1.165, 1.54) is 30.4 Å². The highest BCUT2D eigenvalue weighted by Crippen LogP contribution is 2.31. The molecule has 6 heteroatoms. The maximum Gasteiger partial charge on any atom is 0.416 e. The van der Waals surface area contributed by atoms with Gasteiger partial charge in [-0.05, 0) is 13.0 Å². The summed E-state index contributed by atoms with van der Waals surface area (Å²) in [5, 5.41) is 11.7. The van der Waals surface area contributed by atoms with Crippen molar-refractivity contribution in [1.29, 1.82) is 0 Å². The SMILES string of the molecule is C[C@@H]([NH2+]Cc1ccccc1C(F)(F)F)C(=O)[O-]. The highest BCUT2D eigenvalue weighted by atomic mass is 19.4. The van der Waals surface area contributed by atoms with E-state index in [1.807, 2.05) is 0 Å². The Bertz CT molecular complexity index is 404. The Morgan fingerprint density at radius 1 is 1.41 bits per heavy atom. The molecule has 0 saturated carbocycles. The third-order valence-electron chi connectivity index (χ3n) is 2.39. The molecule has 2 N–H and O–H groups in total. The van der Waals surface area contributed by atoms with Crippen LogP contribution >= 0.6 is 0 Å². The van der Waals surface area contributed by atoms with Gasteiger partial charge in [0, 0.05) is 5.56 Å². The Hall–Kier alpha value is -1.56. The van der Waals surface area contributed by atoms with Crippen molar-refractivity contribution in [3.8, 4) is 0 Å². The number of carbonyl (C=O) groups is 1. The molecule has 3 nitrogen and oxygen atoms in total. The normalized spacial score (nSPS) is 13.4. The first kappa shape index (κ1) is 13.5. The Morgan fingerprint density at radius 3 is 2.53 bits per heavy atom. The van der Waals surface area contributed by atoms with E-state index in [0.717, 1.165) is 6.07 Å². The Morgan fingerprint density at radius 2 is 2.00 bits per heavy atom. The van der Waals surface area contributed by atoms with Gasteiger partial charge in [-0.15, -0.1) is 0 Å². The van der Waals surface area contributed by atoms with Gasteiger partial charge in [-0.1, -0.05) is 18.2 Å². The van der Waals surface area contributed by atoms with Gasteiger partial charge in [-0.2, -0.15) is 13.2 Å². The van der Waals surface area contributed by atoms with Crippen LogP contribution in [0.4, 0.5) is 13.2 Å². The van der Waals surface area contributed by atoms with E-state index >= 15 is 0 Å². The molecule has 0 saturated heterocycles. The maximum atomic E-state index is 12.6. The molecule has 0 unspecified atom stereocenters. The van der Waals surface area contributed by atoms with Gasteiger partial charge in [0.1, 0.15) is 12.6 Å². The van der Waals surface area contributed by atoms with Crippen LogP contribution in [0.5, 0.6) is 0 Å². The van der Waals surface area contributed by atoms with Crippen molar-refractivity contribution in [1.82, 2.24) is 0 Å². The number of rotatable bonds is 4. The molecular weight excluding hydrogens is 235 g/mol. The molecule has 1 aromatic rings. The van der Waals surface area contributed by atoms with Crippen molar-refractivity contribution in [2.45, 2.75) is 25.7 Å². The first-order valence-corrected chi connectivity index (χ1v) is 5.01. The number of hydrogen-bond acceptors (Lipinski definition) is 2. The minimum Gasteiger partial charge on any atom is -0.544 e. The van der Waals surface area contributed by atoms with E-state index in [2.05, 4.69) is 0 Å². The zero-order valence-electron chi connectivity index (χ0n) is 9.12. The number of benzene rings is 1. The van der Waals surface area contributed by atoms with Crippen molar-refractivity contribution in [3.63, 3.8) is 0 Å². The molecule has 94 valence electrons. The van der Waals surface area contributed by atoms with Crippen LogP contribution in [0.15, 0.2) is 24.3 Å². The van der Waals surface area contributed by atoms with Crippen molar-refractivity contribution >= 4 is 5.97 Å². The molecule has 0 aromatic heterocycles. The first-order chi connectivity index (χ1) is 7.82. The molecule has 0 aliphatic rings. The second-order valence-corrected chi connectivity index (χ2v) is 3.70. The molecule has 1 rings (SSSR count). The van der Waals surface area contributed by atoms with Crippen LogP contribution in [0.2, 0.25) is 0 Å². The summed E-state index contributed by atoms with van der Waals surface area (Å²) < 4.78 is 37.8. The molecule has 0 amide bonds. The zero-order chi connectivity index (χ0) is 13.1.